The van der Waals surface area contributed by atoms with Crippen LogP contribution in [0.1, 0.15) is 15.9 Å². The number of carbonyl (C=O) groups excluding carboxylic acids is 1. The molecule has 0 aliphatic heterocycles. The van der Waals surface area contributed by atoms with E-state index in [0.29, 0.717) is 0 Å². The third kappa shape index (κ3) is 3.19. The predicted octanol–water partition coefficient (Wildman–Crippen LogP) is 3.38. The van der Waals surface area contributed by atoms with Crippen molar-refractivity contribution in [2.24, 2.45) is 5.10 Å². The second kappa shape index (κ2) is 6.25. The molecule has 0 aliphatic rings. The molecule has 1 N–H and O–H groups in total. The van der Waals surface area contributed by atoms with E-state index in [1.807, 2.05) is 0 Å². The lowest BCUT2D eigenvalue weighted by Crippen LogP contribution is -2.18. The van der Waals surface area contributed by atoms with Crippen LogP contribution in [0.4, 0.5) is 8.78 Å². The molecule has 0 radical (unpaired) electrons. The first kappa shape index (κ1) is 14.1. The molecule has 0 fully saturated rings. The number of nitrogens with zero attached hydrogens (tertiary/aromatic N) is 1. The third-order valence-corrected chi connectivity index (χ3v) is 2.81. The molecule has 6 heteroatoms. The van der Waals surface area contributed by atoms with Crippen molar-refractivity contribution in [3.8, 4) is 0 Å². The second-order valence-corrected chi connectivity index (χ2v) is 4.22. The molecule has 0 saturated carbocycles. The number of hydrogen-bond donors (Lipinski definition) is 1. The van der Waals surface area contributed by atoms with E-state index >= 15 is 0 Å². The molecule has 2 aromatic carbocycles. The van der Waals surface area contributed by atoms with E-state index in [1.54, 1.807) is 18.2 Å². The van der Waals surface area contributed by atoms with Crippen LogP contribution in [-0.2, 0) is 0 Å². The van der Waals surface area contributed by atoms with Gasteiger partial charge in [-0.3, -0.25) is 4.79 Å². The van der Waals surface area contributed by atoms with E-state index in [-0.39, 0.29) is 16.1 Å². The Kier molecular flexibility index (Phi) is 4.42. The Morgan fingerprint density at radius 3 is 2.40 bits per heavy atom. The van der Waals surface area contributed by atoms with Crippen LogP contribution >= 0.6 is 11.6 Å². The Labute approximate surface area is 118 Å². The number of hydrogen-bond acceptors (Lipinski definition) is 2. The van der Waals surface area contributed by atoms with Crippen LogP contribution in [0.3, 0.4) is 0 Å². The minimum Gasteiger partial charge on any atom is -0.267 e. The highest BCUT2D eigenvalue weighted by atomic mass is 35.5. The molecule has 0 aliphatic carbocycles. The van der Waals surface area contributed by atoms with Crippen molar-refractivity contribution in [3.63, 3.8) is 0 Å². The smallest absolute Gasteiger partial charge is 0.267 e. The van der Waals surface area contributed by atoms with Gasteiger partial charge in [-0.25, -0.2) is 14.2 Å². The molecule has 0 saturated heterocycles. The molecule has 0 unspecified atom stereocenters. The van der Waals surface area contributed by atoms with E-state index in [2.05, 4.69) is 10.5 Å². The molecule has 3 nitrogen and oxygen atoms in total. The average molecular weight is 295 g/mol. The van der Waals surface area contributed by atoms with Crippen molar-refractivity contribution in [1.29, 1.82) is 0 Å². The molecule has 0 aromatic heterocycles. The number of rotatable bonds is 3. The Bertz CT molecular complexity index is 654. The summed E-state index contributed by atoms with van der Waals surface area (Å²) < 4.78 is 26.6. The first-order chi connectivity index (χ1) is 9.59. The van der Waals surface area contributed by atoms with Crippen molar-refractivity contribution < 1.29 is 13.6 Å². The van der Waals surface area contributed by atoms with E-state index in [4.69, 9.17) is 11.6 Å². The summed E-state index contributed by atoms with van der Waals surface area (Å²) in [7, 11) is 0. The van der Waals surface area contributed by atoms with Crippen LogP contribution in [0.2, 0.25) is 5.02 Å². The van der Waals surface area contributed by atoms with Gasteiger partial charge in [-0.1, -0.05) is 29.8 Å². The van der Waals surface area contributed by atoms with Crippen molar-refractivity contribution in [1.82, 2.24) is 5.43 Å². The number of nitrogens with one attached hydrogen (secondary N) is 1. The zero-order valence-electron chi connectivity index (χ0n) is 10.1. The maximum Gasteiger partial charge on any atom is 0.272 e. The SMILES string of the molecule is O=C(NN=Cc1c(F)cccc1F)c1ccccc1Cl. The summed E-state index contributed by atoms with van der Waals surface area (Å²) >= 11 is 5.83. The van der Waals surface area contributed by atoms with Crippen LogP contribution in [0.25, 0.3) is 0 Å². The summed E-state index contributed by atoms with van der Waals surface area (Å²) in [5, 5.41) is 3.78. The number of carbonyl (C=O) groups is 1. The maximum absolute atomic E-state index is 13.3. The molecule has 0 spiro atoms. The highest BCUT2D eigenvalue weighted by Gasteiger charge is 2.09. The van der Waals surface area contributed by atoms with E-state index < -0.39 is 17.5 Å². The van der Waals surface area contributed by atoms with Crippen LogP contribution in [-0.4, -0.2) is 12.1 Å². The maximum atomic E-state index is 13.3. The van der Waals surface area contributed by atoms with Gasteiger partial charge in [0.15, 0.2) is 0 Å². The molecule has 1 amide bonds. The number of benzene rings is 2. The van der Waals surface area contributed by atoms with Gasteiger partial charge in [-0.05, 0) is 24.3 Å². The molecule has 20 heavy (non-hydrogen) atoms. The van der Waals surface area contributed by atoms with Gasteiger partial charge in [0.1, 0.15) is 11.6 Å². The van der Waals surface area contributed by atoms with Crippen LogP contribution in [0.15, 0.2) is 47.6 Å². The number of amides is 1. The summed E-state index contributed by atoms with van der Waals surface area (Å²) in [6.45, 7) is 0. The van der Waals surface area contributed by atoms with E-state index in [9.17, 15) is 13.6 Å². The van der Waals surface area contributed by atoms with Crippen molar-refractivity contribution in [3.05, 3.63) is 70.2 Å². The highest BCUT2D eigenvalue weighted by Crippen LogP contribution is 2.14. The standard InChI is InChI=1S/C14H9ClF2N2O/c15-11-5-2-1-4-9(11)14(20)19-18-8-10-12(16)6-3-7-13(10)17/h1-8H,(H,19,20). The zero-order valence-corrected chi connectivity index (χ0v) is 10.9. The topological polar surface area (TPSA) is 41.5 Å². The third-order valence-electron chi connectivity index (χ3n) is 2.48. The summed E-state index contributed by atoms with van der Waals surface area (Å²) in [6.07, 6.45) is 0.902. The van der Waals surface area contributed by atoms with E-state index in [0.717, 1.165) is 18.3 Å². The summed E-state index contributed by atoms with van der Waals surface area (Å²) in [4.78, 5) is 11.7. The lowest BCUT2D eigenvalue weighted by Gasteiger charge is -2.02. The predicted molar refractivity (Wildman–Crippen MR) is 72.9 cm³/mol. The van der Waals surface area contributed by atoms with Gasteiger partial charge in [-0.2, -0.15) is 5.10 Å². The molecule has 0 heterocycles. The van der Waals surface area contributed by atoms with Gasteiger partial charge in [0, 0.05) is 0 Å². The van der Waals surface area contributed by atoms with Crippen LogP contribution in [0.5, 0.6) is 0 Å². The van der Waals surface area contributed by atoms with Gasteiger partial charge < -0.3 is 0 Å². The quantitative estimate of drug-likeness (QED) is 0.684. The Morgan fingerprint density at radius 2 is 1.75 bits per heavy atom. The zero-order chi connectivity index (χ0) is 14.5. The summed E-state index contributed by atoms with van der Waals surface area (Å²) in [5.74, 6) is -2.09. The minimum absolute atomic E-state index is 0.223. The molecule has 102 valence electrons. The molecular weight excluding hydrogens is 286 g/mol. The lowest BCUT2D eigenvalue weighted by molar-refractivity contribution is 0.0955. The normalized spacial score (nSPS) is 10.8. The Morgan fingerprint density at radius 1 is 1.10 bits per heavy atom. The minimum atomic E-state index is -0.763. The fourth-order valence-electron chi connectivity index (χ4n) is 1.50. The Balaban J connectivity index is 2.11. The first-order valence-electron chi connectivity index (χ1n) is 5.61. The van der Waals surface area contributed by atoms with Crippen molar-refractivity contribution in [2.75, 3.05) is 0 Å². The monoisotopic (exact) mass is 294 g/mol. The van der Waals surface area contributed by atoms with Crippen LogP contribution in [0, 0.1) is 11.6 Å². The molecule has 0 bridgehead atoms. The molecular formula is C14H9ClF2N2O. The second-order valence-electron chi connectivity index (χ2n) is 3.81. The first-order valence-corrected chi connectivity index (χ1v) is 5.99. The van der Waals surface area contributed by atoms with Crippen molar-refractivity contribution in [2.45, 2.75) is 0 Å². The lowest BCUT2D eigenvalue weighted by atomic mass is 10.2. The highest BCUT2D eigenvalue weighted by molar-refractivity contribution is 6.33. The van der Waals surface area contributed by atoms with Gasteiger partial charge in [0.05, 0.1) is 22.4 Å². The van der Waals surface area contributed by atoms with Gasteiger partial charge >= 0.3 is 0 Å². The Hall–Kier alpha value is -2.27. The van der Waals surface area contributed by atoms with Gasteiger partial charge in [0.2, 0.25) is 0 Å². The number of hydrazone groups is 1. The van der Waals surface area contributed by atoms with Crippen molar-refractivity contribution >= 4 is 23.7 Å². The molecule has 0 atom stereocenters. The largest absolute Gasteiger partial charge is 0.272 e. The fraction of sp³-hybridized carbons (Fsp3) is 0. The van der Waals surface area contributed by atoms with Crippen LogP contribution < -0.4 is 5.43 Å². The average Bonchev–Trinajstić information content (AvgIpc) is 2.42. The summed E-state index contributed by atoms with van der Waals surface area (Å²) in [5.41, 5.74) is 2.05. The summed E-state index contributed by atoms with van der Waals surface area (Å²) in [6, 6.07) is 9.82. The van der Waals surface area contributed by atoms with E-state index in [1.165, 1.54) is 12.1 Å². The van der Waals surface area contributed by atoms with Gasteiger partial charge in [-0.15, -0.1) is 0 Å². The fourth-order valence-corrected chi connectivity index (χ4v) is 1.72. The molecule has 2 aromatic rings. The van der Waals surface area contributed by atoms with Gasteiger partial charge in [0.25, 0.3) is 5.91 Å². The number of halogens is 3. The molecule has 2 rings (SSSR count).